The van der Waals surface area contributed by atoms with Crippen molar-refractivity contribution < 1.29 is 44.7 Å². The molecule has 178 valence electrons. The molecule has 0 fully saturated rings. The van der Waals surface area contributed by atoms with Crippen LogP contribution in [0, 0.1) is 0 Å². The molecule has 5 atom stereocenters. The lowest BCUT2D eigenvalue weighted by Gasteiger charge is -2.25. The van der Waals surface area contributed by atoms with Crippen LogP contribution in [-0.2, 0) is 25.6 Å². The SMILES string of the molecule is CC(O)C(NC(=O)C(CO)NC(=O)C(N)Cc1ccc(O)cc1)C(=O)NC(CO)C(=O)O. The van der Waals surface area contributed by atoms with E-state index in [0.717, 1.165) is 6.92 Å². The highest BCUT2D eigenvalue weighted by atomic mass is 16.4. The first-order valence-corrected chi connectivity index (χ1v) is 9.57. The number of phenols is 1. The van der Waals surface area contributed by atoms with E-state index in [-0.39, 0.29) is 12.2 Å². The minimum Gasteiger partial charge on any atom is -0.508 e. The molecule has 0 aliphatic rings. The number of aliphatic hydroxyl groups is 3. The molecule has 10 N–H and O–H groups in total. The molecule has 1 aromatic rings. The van der Waals surface area contributed by atoms with Crippen LogP contribution in [0.4, 0.5) is 0 Å². The number of rotatable bonds is 12. The number of aromatic hydroxyl groups is 1. The Bertz CT molecular complexity index is 800. The van der Waals surface area contributed by atoms with Crippen LogP contribution < -0.4 is 21.7 Å². The van der Waals surface area contributed by atoms with Crippen LogP contribution in [0.2, 0.25) is 0 Å². The number of nitrogens with one attached hydrogen (secondary N) is 3. The highest BCUT2D eigenvalue weighted by Crippen LogP contribution is 2.11. The summed E-state index contributed by atoms with van der Waals surface area (Å²) in [5.41, 5.74) is 6.45. The number of hydrogen-bond acceptors (Lipinski definition) is 9. The fourth-order valence-electron chi connectivity index (χ4n) is 2.56. The maximum absolute atomic E-state index is 12.4. The molecule has 13 nitrogen and oxygen atoms in total. The Kier molecular flexibility index (Phi) is 10.5. The molecule has 3 amide bonds. The second kappa shape index (κ2) is 12.6. The van der Waals surface area contributed by atoms with Gasteiger partial charge in [0.2, 0.25) is 17.7 Å². The third kappa shape index (κ3) is 8.11. The van der Waals surface area contributed by atoms with Crippen LogP contribution >= 0.6 is 0 Å². The van der Waals surface area contributed by atoms with E-state index >= 15 is 0 Å². The van der Waals surface area contributed by atoms with Crippen molar-refractivity contribution in [1.82, 2.24) is 16.0 Å². The summed E-state index contributed by atoms with van der Waals surface area (Å²) in [6.45, 7) is -0.624. The van der Waals surface area contributed by atoms with Crippen molar-refractivity contribution in [3.63, 3.8) is 0 Å². The number of aliphatic hydroxyl groups excluding tert-OH is 3. The molecule has 13 heteroatoms. The van der Waals surface area contributed by atoms with Gasteiger partial charge in [-0.3, -0.25) is 14.4 Å². The Morgan fingerprint density at radius 2 is 1.44 bits per heavy atom. The standard InChI is InChI=1S/C19H28N4O9/c1-9(26)15(18(30)22-14(8-25)19(31)32)23-17(29)13(7-24)21-16(28)12(20)6-10-2-4-11(27)5-3-10/h2-5,9,12-15,24-27H,6-8,20H2,1H3,(H,21,28)(H,22,30)(H,23,29)(H,31,32). The summed E-state index contributed by atoms with van der Waals surface area (Å²) in [5.74, 6) is -4.40. The van der Waals surface area contributed by atoms with E-state index in [9.17, 15) is 34.5 Å². The predicted molar refractivity (Wildman–Crippen MR) is 109 cm³/mol. The molecule has 1 aromatic carbocycles. The predicted octanol–water partition coefficient (Wildman–Crippen LogP) is -3.83. The van der Waals surface area contributed by atoms with Crippen molar-refractivity contribution in [2.45, 2.75) is 43.6 Å². The maximum Gasteiger partial charge on any atom is 0.328 e. The highest BCUT2D eigenvalue weighted by molar-refractivity contribution is 5.94. The molecule has 32 heavy (non-hydrogen) atoms. The Balaban J connectivity index is 2.77. The molecule has 0 aromatic heterocycles. The summed E-state index contributed by atoms with van der Waals surface area (Å²) < 4.78 is 0. The number of carboxylic acid groups (broad SMARTS) is 1. The molecule has 0 aliphatic carbocycles. The van der Waals surface area contributed by atoms with Crippen molar-refractivity contribution in [2.24, 2.45) is 5.73 Å². The van der Waals surface area contributed by atoms with Gasteiger partial charge in [0.15, 0.2) is 0 Å². The number of phenolic OH excluding ortho intramolecular Hbond substituents is 1. The van der Waals surface area contributed by atoms with Crippen molar-refractivity contribution in [3.05, 3.63) is 29.8 Å². The minimum absolute atomic E-state index is 0.0363. The largest absolute Gasteiger partial charge is 0.508 e. The number of amides is 3. The average Bonchev–Trinajstić information content (AvgIpc) is 2.74. The molecule has 0 saturated carbocycles. The number of carboxylic acids is 1. The molecule has 1 rings (SSSR count). The second-order valence-electron chi connectivity index (χ2n) is 7.03. The number of benzene rings is 1. The smallest absolute Gasteiger partial charge is 0.328 e. The zero-order valence-electron chi connectivity index (χ0n) is 17.3. The van der Waals surface area contributed by atoms with Crippen LogP contribution in [0.5, 0.6) is 5.75 Å². The van der Waals surface area contributed by atoms with Crippen LogP contribution in [-0.4, -0.2) is 92.7 Å². The quantitative estimate of drug-likeness (QED) is 0.149. The lowest BCUT2D eigenvalue weighted by molar-refractivity contribution is -0.144. The van der Waals surface area contributed by atoms with E-state index in [1.807, 2.05) is 5.32 Å². The maximum atomic E-state index is 12.4. The summed E-state index contributed by atoms with van der Waals surface area (Å²) in [6, 6.07) is 0.0317. The second-order valence-corrected chi connectivity index (χ2v) is 7.03. The topological polar surface area (TPSA) is 232 Å². The van der Waals surface area contributed by atoms with Gasteiger partial charge in [-0.15, -0.1) is 0 Å². The van der Waals surface area contributed by atoms with E-state index in [1.54, 1.807) is 12.1 Å². The Morgan fingerprint density at radius 1 is 0.906 bits per heavy atom. The van der Waals surface area contributed by atoms with E-state index in [4.69, 9.17) is 15.9 Å². The zero-order valence-corrected chi connectivity index (χ0v) is 17.3. The molecule has 0 spiro atoms. The van der Waals surface area contributed by atoms with E-state index in [2.05, 4.69) is 10.6 Å². The monoisotopic (exact) mass is 456 g/mol. The fraction of sp³-hybridized carbons (Fsp3) is 0.474. The van der Waals surface area contributed by atoms with Gasteiger partial charge in [-0.1, -0.05) is 12.1 Å². The van der Waals surface area contributed by atoms with Gasteiger partial charge in [0.05, 0.1) is 25.4 Å². The molecule has 5 unspecified atom stereocenters. The lowest BCUT2D eigenvalue weighted by Crippen LogP contribution is -2.61. The summed E-state index contributed by atoms with van der Waals surface area (Å²) in [7, 11) is 0. The number of carbonyl (C=O) groups is 4. The van der Waals surface area contributed by atoms with Crippen molar-refractivity contribution in [1.29, 1.82) is 0 Å². The number of hydrogen-bond donors (Lipinski definition) is 9. The van der Waals surface area contributed by atoms with Gasteiger partial charge in [0.1, 0.15) is 23.9 Å². The molecule has 0 radical (unpaired) electrons. The van der Waals surface area contributed by atoms with Crippen molar-refractivity contribution in [2.75, 3.05) is 13.2 Å². The fourth-order valence-corrected chi connectivity index (χ4v) is 2.56. The van der Waals surface area contributed by atoms with Gasteiger partial charge in [-0.05, 0) is 31.0 Å². The van der Waals surface area contributed by atoms with Gasteiger partial charge >= 0.3 is 5.97 Å². The number of aliphatic carboxylic acids is 1. The first-order valence-electron chi connectivity index (χ1n) is 9.57. The summed E-state index contributed by atoms with van der Waals surface area (Å²) >= 11 is 0. The highest BCUT2D eigenvalue weighted by Gasteiger charge is 2.32. The van der Waals surface area contributed by atoms with E-state index < -0.39 is 67.2 Å². The van der Waals surface area contributed by atoms with Crippen LogP contribution in [0.15, 0.2) is 24.3 Å². The number of nitrogens with two attached hydrogens (primary N) is 1. The molecule has 0 heterocycles. The van der Waals surface area contributed by atoms with Crippen LogP contribution in [0.3, 0.4) is 0 Å². The van der Waals surface area contributed by atoms with Gasteiger partial charge < -0.3 is 47.2 Å². The Hall–Kier alpha value is -3.26. The molecular weight excluding hydrogens is 428 g/mol. The Morgan fingerprint density at radius 3 is 1.91 bits per heavy atom. The Labute approximate surface area is 183 Å². The lowest BCUT2D eigenvalue weighted by atomic mass is 10.1. The molecular formula is C19H28N4O9. The van der Waals surface area contributed by atoms with Crippen molar-refractivity contribution in [3.8, 4) is 5.75 Å². The summed E-state index contributed by atoms with van der Waals surface area (Å²) in [5, 5.41) is 52.7. The van der Waals surface area contributed by atoms with Crippen LogP contribution in [0.1, 0.15) is 12.5 Å². The van der Waals surface area contributed by atoms with Gasteiger partial charge in [0, 0.05) is 0 Å². The normalized spacial score (nSPS) is 15.5. The number of carbonyl (C=O) groups excluding carboxylic acids is 3. The third-order valence-electron chi connectivity index (χ3n) is 4.40. The molecule has 0 saturated heterocycles. The van der Waals surface area contributed by atoms with Gasteiger partial charge in [-0.25, -0.2) is 4.79 Å². The zero-order chi connectivity index (χ0) is 24.4. The van der Waals surface area contributed by atoms with Gasteiger partial charge in [-0.2, -0.15) is 0 Å². The minimum atomic E-state index is -1.66. The first kappa shape index (κ1) is 26.8. The third-order valence-corrected chi connectivity index (χ3v) is 4.40. The summed E-state index contributed by atoms with van der Waals surface area (Å²) in [6.07, 6.45) is -1.40. The summed E-state index contributed by atoms with van der Waals surface area (Å²) in [4.78, 5) is 47.9. The van der Waals surface area contributed by atoms with Gasteiger partial charge in [0.25, 0.3) is 0 Å². The van der Waals surface area contributed by atoms with E-state index in [0.29, 0.717) is 5.56 Å². The molecule has 0 aliphatic heterocycles. The van der Waals surface area contributed by atoms with Crippen LogP contribution in [0.25, 0.3) is 0 Å². The average molecular weight is 456 g/mol. The molecule has 0 bridgehead atoms. The van der Waals surface area contributed by atoms with Crippen molar-refractivity contribution >= 4 is 23.7 Å². The van der Waals surface area contributed by atoms with E-state index in [1.165, 1.54) is 12.1 Å². The first-order chi connectivity index (χ1) is 15.0.